The maximum Gasteiger partial charge on any atom is 0.223 e. The topological polar surface area (TPSA) is 84.8 Å². The molecule has 23 heavy (non-hydrogen) atoms. The normalized spacial score (nSPS) is 25.3. The fourth-order valence-corrected chi connectivity index (χ4v) is 3.53. The minimum atomic E-state index is -0.217. The highest BCUT2D eigenvalue weighted by molar-refractivity contribution is 5.77. The highest BCUT2D eigenvalue weighted by Crippen LogP contribution is 2.20. The quantitative estimate of drug-likeness (QED) is 0.863. The van der Waals surface area contributed by atoms with Crippen LogP contribution in [-0.4, -0.2) is 66.3 Å². The smallest absolute Gasteiger partial charge is 0.223 e. The Morgan fingerprint density at radius 3 is 2.78 bits per heavy atom. The summed E-state index contributed by atoms with van der Waals surface area (Å²) in [7, 11) is 0. The van der Waals surface area contributed by atoms with E-state index in [1.807, 2.05) is 13.0 Å². The van der Waals surface area contributed by atoms with E-state index in [0.717, 1.165) is 57.1 Å². The average molecular weight is 322 g/mol. The molecule has 1 aromatic rings. The van der Waals surface area contributed by atoms with Gasteiger partial charge in [-0.2, -0.15) is 0 Å². The van der Waals surface area contributed by atoms with Crippen LogP contribution in [0.1, 0.15) is 24.3 Å². The molecule has 0 aliphatic carbocycles. The van der Waals surface area contributed by atoms with E-state index in [2.05, 4.69) is 15.0 Å². The third kappa shape index (κ3) is 4.31. The van der Waals surface area contributed by atoms with Crippen molar-refractivity contribution in [2.24, 2.45) is 11.7 Å². The summed E-state index contributed by atoms with van der Waals surface area (Å²) in [6.45, 7) is 7.49. The van der Waals surface area contributed by atoms with E-state index in [4.69, 9.17) is 15.0 Å². The number of aryl methyl sites for hydroxylation is 1. The Morgan fingerprint density at radius 2 is 2.13 bits per heavy atom. The monoisotopic (exact) mass is 322 g/mol. The average Bonchev–Trinajstić information content (AvgIpc) is 2.83. The molecular formula is C16H26N4O3. The van der Waals surface area contributed by atoms with Gasteiger partial charge in [0.1, 0.15) is 5.76 Å². The van der Waals surface area contributed by atoms with E-state index in [1.54, 1.807) is 0 Å². The molecule has 0 radical (unpaired) electrons. The Balaban J connectivity index is 1.65. The van der Waals surface area contributed by atoms with Crippen LogP contribution >= 0.6 is 0 Å². The second-order valence-corrected chi connectivity index (χ2v) is 6.60. The fraction of sp³-hybridized carbons (Fsp3) is 0.750. The van der Waals surface area contributed by atoms with Crippen molar-refractivity contribution in [3.8, 4) is 0 Å². The van der Waals surface area contributed by atoms with Gasteiger partial charge in [0.05, 0.1) is 11.6 Å². The van der Waals surface area contributed by atoms with Crippen LogP contribution in [0.25, 0.3) is 0 Å². The number of carbonyl (C=O) groups excluding carboxylic acids is 1. The fourth-order valence-electron chi connectivity index (χ4n) is 3.53. The van der Waals surface area contributed by atoms with E-state index in [-0.39, 0.29) is 11.8 Å². The lowest BCUT2D eigenvalue weighted by atomic mass is 10.0. The van der Waals surface area contributed by atoms with Crippen LogP contribution in [0.4, 0.5) is 0 Å². The molecule has 3 rings (SSSR count). The zero-order chi connectivity index (χ0) is 16.2. The van der Waals surface area contributed by atoms with Gasteiger partial charge in [-0.15, -0.1) is 0 Å². The SMILES string of the molecule is Cc1cc(CN2CCN(C3CCOCC3)C[C@@H](C(N)=O)C2)no1. The predicted molar refractivity (Wildman–Crippen MR) is 84.6 cm³/mol. The number of amides is 1. The molecule has 2 N–H and O–H groups in total. The first-order valence-corrected chi connectivity index (χ1v) is 8.37. The lowest BCUT2D eigenvalue weighted by molar-refractivity contribution is -0.122. The number of nitrogens with two attached hydrogens (primary N) is 1. The van der Waals surface area contributed by atoms with Crippen LogP contribution in [0.5, 0.6) is 0 Å². The Kier molecular flexibility index (Phi) is 5.30. The number of hydrogen-bond acceptors (Lipinski definition) is 6. The van der Waals surface area contributed by atoms with Crippen LogP contribution < -0.4 is 5.73 Å². The molecule has 7 nitrogen and oxygen atoms in total. The van der Waals surface area contributed by atoms with E-state index in [1.165, 1.54) is 0 Å². The molecule has 1 atom stereocenters. The van der Waals surface area contributed by atoms with Crippen molar-refractivity contribution in [3.05, 3.63) is 17.5 Å². The number of ether oxygens (including phenoxy) is 1. The van der Waals surface area contributed by atoms with Gasteiger partial charge in [0, 0.05) is 58.0 Å². The highest BCUT2D eigenvalue weighted by Gasteiger charge is 2.31. The molecule has 0 unspecified atom stereocenters. The molecule has 0 aromatic carbocycles. The van der Waals surface area contributed by atoms with Crippen molar-refractivity contribution in [1.82, 2.24) is 15.0 Å². The lowest BCUT2D eigenvalue weighted by Crippen LogP contribution is -2.44. The molecule has 3 heterocycles. The van der Waals surface area contributed by atoms with Gasteiger partial charge in [-0.25, -0.2) is 0 Å². The molecule has 2 aliphatic rings. The predicted octanol–water partition coefficient (Wildman–Crippen LogP) is 0.381. The maximum absolute atomic E-state index is 11.8. The Hall–Kier alpha value is -1.44. The molecule has 128 valence electrons. The first-order valence-electron chi connectivity index (χ1n) is 8.37. The van der Waals surface area contributed by atoms with Crippen LogP contribution in [-0.2, 0) is 16.1 Å². The summed E-state index contributed by atoms with van der Waals surface area (Å²) >= 11 is 0. The van der Waals surface area contributed by atoms with Crippen molar-refractivity contribution in [1.29, 1.82) is 0 Å². The number of aromatic nitrogens is 1. The first kappa shape index (κ1) is 16.4. The van der Waals surface area contributed by atoms with Crippen molar-refractivity contribution in [3.63, 3.8) is 0 Å². The van der Waals surface area contributed by atoms with Gasteiger partial charge in [0.15, 0.2) is 0 Å². The number of nitrogens with zero attached hydrogens (tertiary/aromatic N) is 3. The number of primary amides is 1. The van der Waals surface area contributed by atoms with Gasteiger partial charge < -0.3 is 15.0 Å². The van der Waals surface area contributed by atoms with E-state index in [0.29, 0.717) is 19.1 Å². The van der Waals surface area contributed by atoms with Crippen molar-refractivity contribution < 1.29 is 14.1 Å². The van der Waals surface area contributed by atoms with Crippen molar-refractivity contribution in [2.45, 2.75) is 32.4 Å². The molecule has 2 fully saturated rings. The first-order chi connectivity index (χ1) is 11.1. The second-order valence-electron chi connectivity index (χ2n) is 6.60. The Morgan fingerprint density at radius 1 is 1.35 bits per heavy atom. The third-order valence-corrected chi connectivity index (χ3v) is 4.81. The van der Waals surface area contributed by atoms with Crippen LogP contribution in [0.2, 0.25) is 0 Å². The van der Waals surface area contributed by atoms with E-state index in [9.17, 15) is 4.79 Å². The Bertz CT molecular complexity index is 527. The molecule has 0 bridgehead atoms. The summed E-state index contributed by atoms with van der Waals surface area (Å²) in [6.07, 6.45) is 2.07. The summed E-state index contributed by atoms with van der Waals surface area (Å²) in [5, 5.41) is 4.06. The zero-order valence-corrected chi connectivity index (χ0v) is 13.7. The van der Waals surface area contributed by atoms with Crippen LogP contribution in [0, 0.1) is 12.8 Å². The molecule has 7 heteroatoms. The van der Waals surface area contributed by atoms with Gasteiger partial charge in [0.2, 0.25) is 5.91 Å². The summed E-state index contributed by atoms with van der Waals surface area (Å²) in [6, 6.07) is 2.44. The van der Waals surface area contributed by atoms with Crippen molar-refractivity contribution in [2.75, 3.05) is 39.4 Å². The van der Waals surface area contributed by atoms with Crippen LogP contribution in [0.3, 0.4) is 0 Å². The number of carbonyl (C=O) groups is 1. The van der Waals surface area contributed by atoms with Gasteiger partial charge in [-0.3, -0.25) is 14.6 Å². The van der Waals surface area contributed by atoms with Gasteiger partial charge in [-0.05, 0) is 19.8 Å². The van der Waals surface area contributed by atoms with Crippen molar-refractivity contribution >= 4 is 5.91 Å². The third-order valence-electron chi connectivity index (χ3n) is 4.81. The van der Waals surface area contributed by atoms with Gasteiger partial charge >= 0.3 is 0 Å². The molecule has 0 saturated carbocycles. The number of hydrogen-bond donors (Lipinski definition) is 1. The molecule has 2 aliphatic heterocycles. The molecule has 2 saturated heterocycles. The van der Waals surface area contributed by atoms with E-state index >= 15 is 0 Å². The lowest BCUT2D eigenvalue weighted by Gasteiger charge is -2.34. The minimum absolute atomic E-state index is 0.145. The molecular weight excluding hydrogens is 296 g/mol. The highest BCUT2D eigenvalue weighted by atomic mass is 16.5. The van der Waals surface area contributed by atoms with E-state index < -0.39 is 0 Å². The summed E-state index contributed by atoms with van der Waals surface area (Å²) in [5.74, 6) is 0.448. The minimum Gasteiger partial charge on any atom is -0.381 e. The summed E-state index contributed by atoms with van der Waals surface area (Å²) < 4.78 is 10.6. The molecule has 1 aromatic heterocycles. The standard InChI is InChI=1S/C16H26N4O3/c1-12-8-14(18-23-12)11-19-4-5-20(10-13(9-19)16(17)21)15-2-6-22-7-3-15/h8,13,15H,2-7,9-11H2,1H3,(H2,17,21)/t13-/m0/s1. The summed E-state index contributed by atoms with van der Waals surface area (Å²) in [5.41, 5.74) is 6.54. The van der Waals surface area contributed by atoms with Gasteiger partial charge in [0.25, 0.3) is 0 Å². The largest absolute Gasteiger partial charge is 0.381 e. The zero-order valence-electron chi connectivity index (χ0n) is 13.7. The van der Waals surface area contributed by atoms with Crippen LogP contribution in [0.15, 0.2) is 10.6 Å². The van der Waals surface area contributed by atoms with Gasteiger partial charge in [-0.1, -0.05) is 5.16 Å². The maximum atomic E-state index is 11.8. The Labute approximate surface area is 136 Å². The molecule has 1 amide bonds. The number of rotatable bonds is 4. The second kappa shape index (κ2) is 7.42. The molecule has 0 spiro atoms. The summed E-state index contributed by atoms with van der Waals surface area (Å²) in [4.78, 5) is 16.5.